The first-order valence-electron chi connectivity index (χ1n) is 8.38. The number of aliphatic hydroxyl groups excluding tert-OH is 1. The Bertz CT molecular complexity index is 699. The van der Waals surface area contributed by atoms with E-state index in [9.17, 15) is 19.5 Å². The van der Waals surface area contributed by atoms with Gasteiger partial charge in [0, 0.05) is 24.2 Å². The first-order valence-corrected chi connectivity index (χ1v) is 8.38. The van der Waals surface area contributed by atoms with E-state index in [1.54, 1.807) is 19.9 Å². The fourth-order valence-electron chi connectivity index (χ4n) is 3.88. The van der Waals surface area contributed by atoms with Crippen LogP contribution in [0.2, 0.25) is 0 Å². The lowest BCUT2D eigenvalue weighted by Gasteiger charge is -2.37. The molecule has 0 aromatic carbocycles. The molecular weight excluding hydrogens is 308 g/mol. The maximum absolute atomic E-state index is 12.7. The summed E-state index contributed by atoms with van der Waals surface area (Å²) in [6.07, 6.45) is 7.67. The quantitative estimate of drug-likeness (QED) is 0.419. The summed E-state index contributed by atoms with van der Waals surface area (Å²) in [7, 11) is 0. The van der Waals surface area contributed by atoms with Gasteiger partial charge < -0.3 is 9.84 Å². The van der Waals surface area contributed by atoms with Crippen LogP contribution in [0.4, 0.5) is 0 Å². The molecule has 0 radical (unpaired) electrons. The van der Waals surface area contributed by atoms with Gasteiger partial charge in [0.25, 0.3) is 0 Å². The van der Waals surface area contributed by atoms with E-state index >= 15 is 0 Å². The molecule has 0 amide bonds. The summed E-state index contributed by atoms with van der Waals surface area (Å²) in [5.41, 5.74) is -1.52. The zero-order chi connectivity index (χ0) is 17.6. The highest BCUT2D eigenvalue weighted by Gasteiger charge is 2.55. The van der Waals surface area contributed by atoms with Crippen molar-refractivity contribution in [3.05, 3.63) is 35.6 Å². The Balaban J connectivity index is 2.18. The van der Waals surface area contributed by atoms with E-state index < -0.39 is 29.2 Å². The number of rotatable bonds is 0. The molecule has 0 aromatic heterocycles. The van der Waals surface area contributed by atoms with Crippen molar-refractivity contribution in [3.63, 3.8) is 0 Å². The molecule has 2 bridgehead atoms. The van der Waals surface area contributed by atoms with Crippen molar-refractivity contribution in [3.8, 4) is 0 Å². The predicted octanol–water partition coefficient (Wildman–Crippen LogP) is 2.68. The van der Waals surface area contributed by atoms with E-state index in [0.29, 0.717) is 12.8 Å². The number of carbonyl (C=O) groups is 3. The third-order valence-corrected chi connectivity index (χ3v) is 5.28. The highest BCUT2D eigenvalue weighted by molar-refractivity contribution is 6.20. The summed E-state index contributed by atoms with van der Waals surface area (Å²) in [6.45, 7) is 5.40. The van der Waals surface area contributed by atoms with E-state index in [0.717, 1.165) is 0 Å². The molecule has 3 aliphatic rings. The number of ether oxygens (including phenoxy) is 1. The van der Waals surface area contributed by atoms with Crippen LogP contribution in [0.1, 0.15) is 33.6 Å². The lowest BCUT2D eigenvalue weighted by atomic mass is 9.74. The number of esters is 1. The van der Waals surface area contributed by atoms with Crippen LogP contribution in [-0.4, -0.2) is 28.2 Å². The molecule has 0 saturated carbocycles. The summed E-state index contributed by atoms with van der Waals surface area (Å²) >= 11 is 0. The van der Waals surface area contributed by atoms with E-state index in [-0.39, 0.29) is 29.0 Å². The number of aliphatic hydroxyl groups is 1. The lowest BCUT2D eigenvalue weighted by molar-refractivity contribution is -0.152. The number of hydrogen-bond donors (Lipinski definition) is 1. The SMILES string of the molecule is C[C@@H]1C[C@H](C)C(=O)C=C[C@@H]2C=C[C@H](C)C[C@@]23OC(=O)C(=C3O)C1=O. The Hall–Kier alpha value is -2.17. The third kappa shape index (κ3) is 2.43. The van der Waals surface area contributed by atoms with Gasteiger partial charge in [-0.25, -0.2) is 4.79 Å². The van der Waals surface area contributed by atoms with Gasteiger partial charge in [-0.05, 0) is 18.4 Å². The number of ketones is 2. The van der Waals surface area contributed by atoms with Crippen LogP contribution in [0.5, 0.6) is 0 Å². The molecule has 3 rings (SSSR count). The fraction of sp³-hybridized carbons (Fsp3) is 0.526. The molecule has 5 heteroatoms. The molecule has 1 N–H and O–H groups in total. The number of allylic oxidation sites excluding steroid dienone is 2. The second-order valence-corrected chi connectivity index (χ2v) is 7.26. The van der Waals surface area contributed by atoms with Crippen molar-refractivity contribution >= 4 is 17.5 Å². The Kier molecular flexibility index (Phi) is 3.98. The molecule has 1 heterocycles. The fourth-order valence-corrected chi connectivity index (χ4v) is 3.88. The normalized spacial score (nSPS) is 39.5. The van der Waals surface area contributed by atoms with Crippen LogP contribution in [0.3, 0.4) is 0 Å². The van der Waals surface area contributed by atoms with Crippen molar-refractivity contribution < 1.29 is 24.2 Å². The van der Waals surface area contributed by atoms with Crippen LogP contribution in [0.25, 0.3) is 0 Å². The monoisotopic (exact) mass is 330 g/mol. The van der Waals surface area contributed by atoms with Crippen LogP contribution in [-0.2, 0) is 19.1 Å². The largest absolute Gasteiger partial charge is 0.507 e. The van der Waals surface area contributed by atoms with Crippen LogP contribution < -0.4 is 0 Å². The molecule has 0 unspecified atom stereocenters. The van der Waals surface area contributed by atoms with E-state index in [2.05, 4.69) is 0 Å². The minimum absolute atomic E-state index is 0.0644. The molecule has 5 atom stereocenters. The number of Topliss-reactive ketones (excluding diaryl/α,β-unsaturated/α-hetero) is 1. The van der Waals surface area contributed by atoms with Gasteiger partial charge in [-0.15, -0.1) is 0 Å². The Labute approximate surface area is 141 Å². The Morgan fingerprint density at radius 1 is 1.08 bits per heavy atom. The minimum atomic E-state index is -1.28. The summed E-state index contributed by atoms with van der Waals surface area (Å²) in [5.74, 6) is -2.80. The zero-order valence-corrected chi connectivity index (χ0v) is 14.1. The topological polar surface area (TPSA) is 80.7 Å². The zero-order valence-electron chi connectivity index (χ0n) is 14.1. The highest BCUT2D eigenvalue weighted by Crippen LogP contribution is 2.47. The molecule has 0 saturated heterocycles. The molecule has 5 nitrogen and oxygen atoms in total. The second kappa shape index (κ2) is 5.72. The van der Waals surface area contributed by atoms with Gasteiger partial charge in [0.15, 0.2) is 22.9 Å². The van der Waals surface area contributed by atoms with Gasteiger partial charge in [-0.3, -0.25) is 9.59 Å². The van der Waals surface area contributed by atoms with Crippen LogP contribution in [0, 0.1) is 23.7 Å². The highest BCUT2D eigenvalue weighted by atomic mass is 16.6. The average molecular weight is 330 g/mol. The molecule has 128 valence electrons. The molecule has 1 spiro atoms. The predicted molar refractivity (Wildman–Crippen MR) is 87.0 cm³/mol. The van der Waals surface area contributed by atoms with Gasteiger partial charge in [0.1, 0.15) is 5.57 Å². The first-order chi connectivity index (χ1) is 11.3. The van der Waals surface area contributed by atoms with E-state index in [1.807, 2.05) is 19.1 Å². The maximum atomic E-state index is 12.7. The Morgan fingerprint density at radius 2 is 1.79 bits per heavy atom. The smallest absolute Gasteiger partial charge is 0.346 e. The summed E-state index contributed by atoms with van der Waals surface area (Å²) in [6, 6.07) is 0. The van der Waals surface area contributed by atoms with Crippen molar-refractivity contribution in [1.29, 1.82) is 0 Å². The summed E-state index contributed by atoms with van der Waals surface area (Å²) in [4.78, 5) is 37.3. The first kappa shape index (κ1) is 16.7. The van der Waals surface area contributed by atoms with Gasteiger partial charge in [0.05, 0.1) is 0 Å². The molecule has 1 aliphatic heterocycles. The van der Waals surface area contributed by atoms with Gasteiger partial charge in [-0.1, -0.05) is 39.0 Å². The van der Waals surface area contributed by atoms with E-state index in [1.165, 1.54) is 6.08 Å². The summed E-state index contributed by atoms with van der Waals surface area (Å²) in [5, 5.41) is 10.8. The maximum Gasteiger partial charge on any atom is 0.346 e. The minimum Gasteiger partial charge on any atom is -0.507 e. The molecule has 2 aliphatic carbocycles. The third-order valence-electron chi connectivity index (χ3n) is 5.28. The van der Waals surface area contributed by atoms with Crippen LogP contribution in [0.15, 0.2) is 35.6 Å². The van der Waals surface area contributed by atoms with Gasteiger partial charge >= 0.3 is 5.97 Å². The second-order valence-electron chi connectivity index (χ2n) is 7.26. The van der Waals surface area contributed by atoms with Crippen LogP contribution >= 0.6 is 0 Å². The van der Waals surface area contributed by atoms with Gasteiger partial charge in [0.2, 0.25) is 0 Å². The van der Waals surface area contributed by atoms with Gasteiger partial charge in [-0.2, -0.15) is 0 Å². The molecule has 24 heavy (non-hydrogen) atoms. The number of carbonyl (C=O) groups excluding carboxylic acids is 3. The van der Waals surface area contributed by atoms with Crippen molar-refractivity contribution in [2.75, 3.05) is 0 Å². The van der Waals surface area contributed by atoms with E-state index in [4.69, 9.17) is 4.74 Å². The molecule has 0 aromatic rings. The number of hydrogen-bond acceptors (Lipinski definition) is 5. The van der Waals surface area contributed by atoms with Crippen molar-refractivity contribution in [1.82, 2.24) is 0 Å². The van der Waals surface area contributed by atoms with Crippen molar-refractivity contribution in [2.24, 2.45) is 23.7 Å². The Morgan fingerprint density at radius 3 is 2.50 bits per heavy atom. The summed E-state index contributed by atoms with van der Waals surface area (Å²) < 4.78 is 5.55. The molecular formula is C19H22O5. The average Bonchev–Trinajstić information content (AvgIpc) is 2.75. The molecule has 0 fully saturated rings. The van der Waals surface area contributed by atoms with Crippen molar-refractivity contribution in [2.45, 2.75) is 39.2 Å². The standard InChI is InChI=1S/C19H22O5/c1-10-4-5-13-6-7-14(20)11(2)8-12(3)16(21)15-17(22)19(13,9-10)24-18(15)23/h4-7,10-13,22H,8-9H2,1-3H3/t10-,11-,12+,13-,19+/m0/s1. The lowest BCUT2D eigenvalue weighted by Crippen LogP contribution is -2.42.